The molecule has 2 aromatic carbocycles. The summed E-state index contributed by atoms with van der Waals surface area (Å²) in [4.78, 5) is 20.3. The van der Waals surface area contributed by atoms with E-state index in [9.17, 15) is 5.11 Å². The Morgan fingerprint density at radius 1 is 0.972 bits per heavy atom. The number of aliphatic hydroxyl groups excluding tert-OH is 1. The molecule has 10 nitrogen and oxygen atoms in total. The summed E-state index contributed by atoms with van der Waals surface area (Å²) in [5, 5.41) is 28.5. The summed E-state index contributed by atoms with van der Waals surface area (Å²) in [6.07, 6.45) is 3.33. The summed E-state index contributed by atoms with van der Waals surface area (Å²) in [7, 11) is 7.36. The lowest BCUT2D eigenvalue weighted by Crippen LogP contribution is -2.37. The molecular weight excluding hydrogens is 468 g/mol. The van der Waals surface area contributed by atoms with E-state index >= 15 is 0 Å². The van der Waals surface area contributed by atoms with Crippen molar-refractivity contribution in [2.75, 3.05) is 48.0 Å². The predicted octanol–water partition coefficient (Wildman–Crippen LogP) is 2.52. The third-order valence-electron chi connectivity index (χ3n) is 5.00. The highest BCUT2D eigenvalue weighted by Crippen LogP contribution is 2.28. The third-order valence-corrected chi connectivity index (χ3v) is 5.00. The molecule has 10 heteroatoms. The number of nitrogens with zero attached hydrogens (tertiary/aromatic N) is 1. The van der Waals surface area contributed by atoms with E-state index in [2.05, 4.69) is 22.3 Å². The molecule has 198 valence electrons. The fourth-order valence-corrected chi connectivity index (χ4v) is 3.16. The Hall–Kier alpha value is -3.60. The van der Waals surface area contributed by atoms with E-state index in [1.54, 1.807) is 14.2 Å². The van der Waals surface area contributed by atoms with Crippen molar-refractivity contribution in [2.24, 2.45) is 0 Å². The van der Waals surface area contributed by atoms with Gasteiger partial charge in [0.15, 0.2) is 11.5 Å². The Morgan fingerprint density at radius 2 is 1.61 bits per heavy atom. The first-order valence-electron chi connectivity index (χ1n) is 11.2. The molecule has 0 bridgehead atoms. The minimum atomic E-state index is -1.82. The molecule has 0 aliphatic rings. The second-order valence-corrected chi connectivity index (χ2v) is 7.90. The first-order valence-corrected chi connectivity index (χ1v) is 11.2. The van der Waals surface area contributed by atoms with E-state index in [1.807, 2.05) is 63.5 Å². The molecule has 0 aliphatic carbocycles. The Labute approximate surface area is 211 Å². The first-order chi connectivity index (χ1) is 17.1. The molecule has 0 aromatic heterocycles. The van der Waals surface area contributed by atoms with Crippen LogP contribution >= 0.6 is 0 Å². The summed E-state index contributed by atoms with van der Waals surface area (Å²) in [6, 6.07) is 14.0. The van der Waals surface area contributed by atoms with Crippen LogP contribution in [0.3, 0.4) is 0 Å². The fraction of sp³-hybridized carbons (Fsp3) is 0.385. The van der Waals surface area contributed by atoms with Crippen molar-refractivity contribution < 1.29 is 39.1 Å². The number of allylic oxidation sites excluding steroid dienone is 1. The van der Waals surface area contributed by atoms with Crippen LogP contribution in [0.15, 0.2) is 48.5 Å². The molecular formula is C26H36N2O8. The van der Waals surface area contributed by atoms with Gasteiger partial charge in [0.2, 0.25) is 0 Å². The minimum Gasteiger partial charge on any atom is -0.497 e. The topological polar surface area (TPSA) is 138 Å². The van der Waals surface area contributed by atoms with E-state index in [0.717, 1.165) is 11.3 Å². The Kier molecular flexibility index (Phi) is 13.6. The number of carbonyl (C=O) groups is 2. The van der Waals surface area contributed by atoms with Gasteiger partial charge in [-0.2, -0.15) is 0 Å². The van der Waals surface area contributed by atoms with Crippen molar-refractivity contribution in [3.63, 3.8) is 0 Å². The van der Waals surface area contributed by atoms with Crippen molar-refractivity contribution in [1.82, 2.24) is 10.2 Å². The minimum absolute atomic E-state index is 0.182. The number of methoxy groups -OCH3 is 2. The maximum absolute atomic E-state index is 10.3. The highest BCUT2D eigenvalue weighted by atomic mass is 16.5. The van der Waals surface area contributed by atoms with Crippen molar-refractivity contribution in [2.45, 2.75) is 19.1 Å². The van der Waals surface area contributed by atoms with Crippen molar-refractivity contribution >= 4 is 18.0 Å². The van der Waals surface area contributed by atoms with Gasteiger partial charge in [0, 0.05) is 19.1 Å². The molecule has 36 heavy (non-hydrogen) atoms. The molecule has 0 saturated carbocycles. The second-order valence-electron chi connectivity index (χ2n) is 7.90. The second kappa shape index (κ2) is 16.1. The fourth-order valence-electron chi connectivity index (χ4n) is 3.16. The molecule has 0 aliphatic heterocycles. The Bertz CT molecular complexity index is 964. The summed E-state index contributed by atoms with van der Waals surface area (Å²) < 4.78 is 16.4. The van der Waals surface area contributed by atoms with E-state index in [1.165, 1.54) is 5.56 Å². The van der Waals surface area contributed by atoms with Crippen LogP contribution < -0.4 is 19.5 Å². The largest absolute Gasteiger partial charge is 0.497 e. The summed E-state index contributed by atoms with van der Waals surface area (Å²) >= 11 is 0. The van der Waals surface area contributed by atoms with Crippen molar-refractivity contribution in [3.05, 3.63) is 59.7 Å². The number of hydrogen-bond acceptors (Lipinski definition) is 8. The lowest BCUT2D eigenvalue weighted by Gasteiger charge is -2.26. The number of aliphatic hydroxyl groups is 1. The molecule has 0 heterocycles. The zero-order chi connectivity index (χ0) is 27.1. The number of hydrogen-bond donors (Lipinski definition) is 4. The SMILES string of the molecule is C/C=C/c1ccc(OCC(O)CNCC(c2ccc(OC)cc2)N(C)C)c(OC)c1.O=C(O)C(=O)O. The van der Waals surface area contributed by atoms with E-state index in [4.69, 9.17) is 34.0 Å². The van der Waals surface area contributed by atoms with Gasteiger partial charge in [0.25, 0.3) is 0 Å². The molecule has 0 radical (unpaired) electrons. The molecule has 2 atom stereocenters. The lowest BCUT2D eigenvalue weighted by molar-refractivity contribution is -0.159. The first kappa shape index (κ1) is 30.4. The Morgan fingerprint density at radius 3 is 2.11 bits per heavy atom. The van der Waals surface area contributed by atoms with Crippen LogP contribution in [-0.4, -0.2) is 86.3 Å². The zero-order valence-electron chi connectivity index (χ0n) is 21.3. The number of ether oxygens (including phenoxy) is 3. The van der Waals surface area contributed by atoms with Gasteiger partial charge in [-0.1, -0.05) is 30.4 Å². The molecule has 0 amide bonds. The van der Waals surface area contributed by atoms with Crippen LogP contribution in [0.25, 0.3) is 6.08 Å². The number of rotatable bonds is 12. The van der Waals surface area contributed by atoms with Gasteiger partial charge >= 0.3 is 11.9 Å². The van der Waals surface area contributed by atoms with Crippen LogP contribution in [0.1, 0.15) is 24.1 Å². The predicted molar refractivity (Wildman–Crippen MR) is 137 cm³/mol. The maximum Gasteiger partial charge on any atom is 0.414 e. The van der Waals surface area contributed by atoms with Gasteiger partial charge in [0.1, 0.15) is 18.5 Å². The number of benzene rings is 2. The number of aliphatic carboxylic acids is 2. The van der Waals surface area contributed by atoms with Gasteiger partial charge in [-0.3, -0.25) is 0 Å². The van der Waals surface area contributed by atoms with E-state index in [0.29, 0.717) is 24.6 Å². The summed E-state index contributed by atoms with van der Waals surface area (Å²) in [5.41, 5.74) is 2.22. The average Bonchev–Trinajstić information content (AvgIpc) is 2.86. The lowest BCUT2D eigenvalue weighted by atomic mass is 10.1. The van der Waals surface area contributed by atoms with Gasteiger partial charge in [0.05, 0.1) is 14.2 Å². The van der Waals surface area contributed by atoms with Gasteiger partial charge in [-0.05, 0) is 56.4 Å². The molecule has 2 unspecified atom stereocenters. The Balaban J connectivity index is 0.000000960. The van der Waals surface area contributed by atoms with Crippen molar-refractivity contribution in [1.29, 1.82) is 0 Å². The van der Waals surface area contributed by atoms with Crippen molar-refractivity contribution in [3.8, 4) is 17.2 Å². The van der Waals surface area contributed by atoms with Crippen LogP contribution in [-0.2, 0) is 9.59 Å². The van der Waals surface area contributed by atoms with Gasteiger partial charge in [-0.25, -0.2) is 9.59 Å². The summed E-state index contributed by atoms with van der Waals surface area (Å²) in [5.74, 6) is -1.54. The maximum atomic E-state index is 10.3. The number of carboxylic acid groups (broad SMARTS) is 2. The molecule has 0 fully saturated rings. The highest BCUT2D eigenvalue weighted by Gasteiger charge is 2.15. The molecule has 2 rings (SSSR count). The molecule has 2 aromatic rings. The third kappa shape index (κ3) is 10.8. The normalized spacial score (nSPS) is 12.4. The van der Waals surface area contributed by atoms with E-state index in [-0.39, 0.29) is 12.6 Å². The highest BCUT2D eigenvalue weighted by molar-refractivity contribution is 6.27. The number of likely N-dealkylation sites (N-methyl/N-ethyl adjacent to an activating group) is 1. The number of carboxylic acids is 2. The van der Waals surface area contributed by atoms with Crippen LogP contribution in [0.2, 0.25) is 0 Å². The van der Waals surface area contributed by atoms with Crippen LogP contribution in [0, 0.1) is 0 Å². The average molecular weight is 505 g/mol. The van der Waals surface area contributed by atoms with Crippen LogP contribution in [0.5, 0.6) is 17.2 Å². The van der Waals surface area contributed by atoms with Gasteiger partial charge < -0.3 is 39.7 Å². The molecule has 4 N–H and O–H groups in total. The summed E-state index contributed by atoms with van der Waals surface area (Å²) in [6.45, 7) is 3.29. The zero-order valence-corrected chi connectivity index (χ0v) is 21.3. The smallest absolute Gasteiger partial charge is 0.414 e. The van der Waals surface area contributed by atoms with Gasteiger partial charge in [-0.15, -0.1) is 0 Å². The quantitative estimate of drug-likeness (QED) is 0.319. The molecule has 0 spiro atoms. The monoisotopic (exact) mass is 504 g/mol. The number of nitrogens with one attached hydrogen (secondary N) is 1. The molecule has 0 saturated heterocycles. The van der Waals surface area contributed by atoms with Crippen LogP contribution in [0.4, 0.5) is 0 Å². The standard InChI is InChI=1S/C24H34N2O4.C2H2O4/c1-6-7-18-8-13-23(24(14-18)29-5)30-17-20(27)15-25-16-22(26(2)3)19-9-11-21(28-4)12-10-19;3-1(4)2(5)6/h6-14,20,22,25,27H,15-17H2,1-5H3;(H,3,4)(H,5,6)/b7-6+;. The van der Waals surface area contributed by atoms with E-state index < -0.39 is 18.0 Å².